The van der Waals surface area contributed by atoms with Gasteiger partial charge in [0.1, 0.15) is 10.1 Å². The van der Waals surface area contributed by atoms with Gasteiger partial charge in [0.15, 0.2) is 0 Å². The van der Waals surface area contributed by atoms with Crippen molar-refractivity contribution in [3.63, 3.8) is 0 Å². The van der Waals surface area contributed by atoms with Crippen LogP contribution in [-0.4, -0.2) is 25.2 Å². The minimum absolute atomic E-state index is 0. The van der Waals surface area contributed by atoms with Crippen molar-refractivity contribution >= 4 is 32.8 Å². The summed E-state index contributed by atoms with van der Waals surface area (Å²) in [6.45, 7) is 4.79. The molecule has 0 radical (unpaired) electrons. The first kappa shape index (κ1) is 27.9. The monoisotopic (exact) mass is 453 g/mol. The van der Waals surface area contributed by atoms with Crippen molar-refractivity contribution in [1.29, 1.82) is 5.41 Å². The largest absolute Gasteiger partial charge is 1.00 e. The summed E-state index contributed by atoms with van der Waals surface area (Å²) in [7, 11) is -4.72. The second kappa shape index (κ2) is 11.6. The Bertz CT molecular complexity index is 1170. The van der Waals surface area contributed by atoms with Crippen molar-refractivity contribution in [3.05, 3.63) is 83.0 Å². The van der Waals surface area contributed by atoms with Crippen LogP contribution in [0.5, 0.6) is 0 Å². The van der Waals surface area contributed by atoms with Crippen LogP contribution in [0.1, 0.15) is 23.6 Å². The zero-order valence-corrected chi connectivity index (χ0v) is 22.9. The number of allylic oxidation sites excluding steroid dienone is 5. The Kier molecular flexibility index (Phi) is 10.5. The number of benzene rings is 2. The van der Waals surface area contributed by atoms with Crippen LogP contribution in [0, 0.1) is 18.4 Å². The zero-order chi connectivity index (χ0) is 21.2. The normalized spacial score (nSPS) is 14.5. The van der Waals surface area contributed by atoms with Crippen molar-refractivity contribution in [2.45, 2.75) is 18.7 Å². The number of hydrogen-bond acceptors (Lipinski definition) is 6. The quantitative estimate of drug-likeness (QED) is 0.203. The Morgan fingerprint density at radius 3 is 2.32 bits per heavy atom. The Labute approximate surface area is 227 Å². The van der Waals surface area contributed by atoms with Gasteiger partial charge < -0.3 is 21.0 Å². The molecule has 2 aromatic rings. The number of nitrogens with two attached hydrogens (primary N) is 1. The number of anilines is 2. The Hall–Kier alpha value is -1.16. The molecule has 1 aliphatic carbocycles. The SMILES string of the molecule is CCNc1ccc(/C(=C2\C=[C-]C(=N)C=C2)c2ccc(N)c(S(=O)(=O)[O-])c2)cc1C.[Na+].[Na+]. The summed E-state index contributed by atoms with van der Waals surface area (Å²) in [5.74, 6) is 0. The minimum atomic E-state index is -4.72. The molecule has 9 heteroatoms. The van der Waals surface area contributed by atoms with Gasteiger partial charge >= 0.3 is 59.1 Å². The molecule has 0 aliphatic heterocycles. The standard InChI is InChI=1S/C22H22N3O3S.2Na/c1-3-25-20-11-7-16(12-14(20)2)22(15-4-8-18(23)9-5-15)17-6-10-19(24)21(13-17)29(26,27)28;;/h4-8,10-13,23,25H,3,24H2,1-2H3,(H,26,27,28);;/q-1;2*+1/p-1/b22-15+,23-18?;;. The molecule has 31 heavy (non-hydrogen) atoms. The first-order chi connectivity index (χ1) is 13.7. The van der Waals surface area contributed by atoms with E-state index in [0.29, 0.717) is 5.56 Å². The molecule has 6 nitrogen and oxygen atoms in total. The van der Waals surface area contributed by atoms with Gasteiger partial charge in [-0.3, -0.25) is 0 Å². The summed E-state index contributed by atoms with van der Waals surface area (Å²) in [5.41, 5.74) is 10.7. The molecule has 0 aromatic heterocycles. The fraction of sp³-hybridized carbons (Fsp3) is 0.136. The third-order valence-electron chi connectivity index (χ3n) is 4.56. The van der Waals surface area contributed by atoms with E-state index in [2.05, 4.69) is 11.4 Å². The smallest absolute Gasteiger partial charge is 0.744 e. The van der Waals surface area contributed by atoms with E-state index in [0.717, 1.165) is 34.5 Å². The molecule has 0 saturated heterocycles. The molecule has 3 rings (SSSR count). The summed E-state index contributed by atoms with van der Waals surface area (Å²) >= 11 is 0. The second-order valence-corrected chi connectivity index (χ2v) is 7.98. The molecule has 0 fully saturated rings. The van der Waals surface area contributed by atoms with Crippen LogP contribution in [0.3, 0.4) is 0 Å². The summed E-state index contributed by atoms with van der Waals surface area (Å²) in [6.07, 6.45) is 7.90. The van der Waals surface area contributed by atoms with Gasteiger partial charge in [0, 0.05) is 17.9 Å². The average molecular weight is 453 g/mol. The van der Waals surface area contributed by atoms with Crippen molar-refractivity contribution in [3.8, 4) is 0 Å². The molecular formula is C22H21N3Na2O3S. The van der Waals surface area contributed by atoms with E-state index >= 15 is 0 Å². The third kappa shape index (κ3) is 6.66. The third-order valence-corrected chi connectivity index (χ3v) is 5.45. The van der Waals surface area contributed by atoms with Crippen molar-refractivity contribution < 1.29 is 72.1 Å². The van der Waals surface area contributed by atoms with Gasteiger partial charge in [0.05, 0.1) is 4.90 Å². The number of nitrogens with one attached hydrogen (secondary N) is 2. The van der Waals surface area contributed by atoms with E-state index in [1.54, 1.807) is 24.3 Å². The van der Waals surface area contributed by atoms with E-state index < -0.39 is 15.0 Å². The van der Waals surface area contributed by atoms with Crippen molar-refractivity contribution in [2.75, 3.05) is 17.6 Å². The molecule has 0 unspecified atom stereocenters. The van der Waals surface area contributed by atoms with Crippen LogP contribution in [0.4, 0.5) is 11.4 Å². The average Bonchev–Trinajstić information content (AvgIpc) is 2.66. The Morgan fingerprint density at radius 2 is 1.77 bits per heavy atom. The Balaban J connectivity index is 0.00000240. The minimum Gasteiger partial charge on any atom is -0.744 e. The number of nitrogen functional groups attached to an aromatic ring is 1. The molecular weight excluding hydrogens is 432 g/mol. The first-order valence-corrected chi connectivity index (χ1v) is 10.4. The predicted molar refractivity (Wildman–Crippen MR) is 115 cm³/mol. The molecule has 4 N–H and O–H groups in total. The molecule has 0 bridgehead atoms. The summed E-state index contributed by atoms with van der Waals surface area (Å²) in [4.78, 5) is -0.449. The maximum absolute atomic E-state index is 11.6. The molecule has 0 saturated carbocycles. The molecule has 0 amide bonds. The zero-order valence-electron chi connectivity index (χ0n) is 18.1. The fourth-order valence-electron chi connectivity index (χ4n) is 3.19. The summed E-state index contributed by atoms with van der Waals surface area (Å²) < 4.78 is 34.9. The van der Waals surface area contributed by atoms with Crippen LogP contribution in [0.2, 0.25) is 0 Å². The molecule has 0 spiro atoms. The number of hydrogen-bond donors (Lipinski definition) is 3. The Morgan fingerprint density at radius 1 is 1.13 bits per heavy atom. The van der Waals surface area contributed by atoms with Gasteiger partial charge in [-0.2, -0.15) is 18.2 Å². The molecule has 0 heterocycles. The molecule has 150 valence electrons. The van der Waals surface area contributed by atoms with Crippen LogP contribution in [0.25, 0.3) is 5.57 Å². The van der Waals surface area contributed by atoms with Crippen molar-refractivity contribution in [1.82, 2.24) is 0 Å². The van der Waals surface area contributed by atoms with Gasteiger partial charge in [-0.1, -0.05) is 29.5 Å². The summed E-state index contributed by atoms with van der Waals surface area (Å²) in [5, 5.41) is 11.0. The van der Waals surface area contributed by atoms with Crippen LogP contribution < -0.4 is 70.2 Å². The van der Waals surface area contributed by atoms with Crippen molar-refractivity contribution in [2.24, 2.45) is 0 Å². The maximum Gasteiger partial charge on any atom is 1.00 e. The number of aryl methyl sites for hydroxylation is 1. The maximum atomic E-state index is 11.6. The summed E-state index contributed by atoms with van der Waals surface area (Å²) in [6, 6.07) is 10.3. The van der Waals surface area contributed by atoms with E-state index in [9.17, 15) is 13.0 Å². The van der Waals surface area contributed by atoms with Gasteiger partial charge in [-0.05, 0) is 48.7 Å². The van der Waals surface area contributed by atoms with Crippen LogP contribution in [-0.2, 0) is 10.1 Å². The van der Waals surface area contributed by atoms with Crippen LogP contribution in [0.15, 0.2) is 65.1 Å². The first-order valence-electron chi connectivity index (χ1n) is 9.02. The molecule has 0 atom stereocenters. The van der Waals surface area contributed by atoms with Crippen LogP contribution >= 0.6 is 0 Å². The van der Waals surface area contributed by atoms with Gasteiger partial charge in [-0.25, -0.2) is 8.42 Å². The second-order valence-electron chi connectivity index (χ2n) is 6.63. The molecule has 1 aliphatic rings. The van der Waals surface area contributed by atoms with Gasteiger partial charge in [-0.15, -0.1) is 11.6 Å². The number of rotatable bonds is 5. The van der Waals surface area contributed by atoms with Gasteiger partial charge in [0.25, 0.3) is 0 Å². The van der Waals surface area contributed by atoms with E-state index in [1.165, 1.54) is 12.1 Å². The fourth-order valence-corrected chi connectivity index (χ4v) is 3.82. The van der Waals surface area contributed by atoms with Gasteiger partial charge in [0.2, 0.25) is 0 Å². The van der Waals surface area contributed by atoms with E-state index in [1.807, 2.05) is 32.0 Å². The molecule has 2 aromatic carbocycles. The van der Waals surface area contributed by atoms with E-state index in [-0.39, 0.29) is 70.5 Å². The predicted octanol–water partition coefficient (Wildman–Crippen LogP) is -2.33. The topological polar surface area (TPSA) is 119 Å². The van der Waals surface area contributed by atoms with E-state index in [4.69, 9.17) is 11.1 Å².